The van der Waals surface area contributed by atoms with Crippen LogP contribution >= 0.6 is 15.9 Å². The Balaban J connectivity index is 1.62. The van der Waals surface area contributed by atoms with Gasteiger partial charge in [0, 0.05) is 29.1 Å². The molecule has 6 nitrogen and oxygen atoms in total. The van der Waals surface area contributed by atoms with Gasteiger partial charge in [-0.25, -0.2) is 0 Å². The van der Waals surface area contributed by atoms with Gasteiger partial charge >= 0.3 is 0 Å². The molecule has 0 atom stereocenters. The lowest BCUT2D eigenvalue weighted by Gasteiger charge is -2.13. The molecular weight excluding hydrogens is 480 g/mol. The number of benzene rings is 3. The van der Waals surface area contributed by atoms with Crippen LogP contribution in [0.15, 0.2) is 107 Å². The third kappa shape index (κ3) is 4.36. The van der Waals surface area contributed by atoms with Gasteiger partial charge in [-0.3, -0.25) is 9.59 Å². The molecule has 0 unspecified atom stereocenters. The molecule has 0 saturated carbocycles. The number of hydrogen-bond acceptors (Lipinski definition) is 3. The first kappa shape index (κ1) is 20.9. The fourth-order valence-corrected chi connectivity index (χ4v) is 3.95. The Bertz CT molecular complexity index is 1440. The highest BCUT2D eigenvalue weighted by Crippen LogP contribution is 2.24. The van der Waals surface area contributed by atoms with Crippen molar-refractivity contribution in [1.82, 2.24) is 14.3 Å². The van der Waals surface area contributed by atoms with Gasteiger partial charge in [0.1, 0.15) is 5.69 Å². The number of nitrogens with one attached hydrogen (secondary N) is 1. The summed E-state index contributed by atoms with van der Waals surface area (Å²) < 4.78 is 4.11. The first-order valence-corrected chi connectivity index (χ1v) is 11.2. The van der Waals surface area contributed by atoms with Crippen LogP contribution in [0.5, 0.6) is 0 Å². The van der Waals surface area contributed by atoms with Gasteiger partial charge in [-0.15, -0.1) is 0 Å². The van der Waals surface area contributed by atoms with E-state index in [1.807, 2.05) is 89.5 Å². The average molecular weight is 499 g/mol. The van der Waals surface area contributed by atoms with Crippen molar-refractivity contribution in [3.63, 3.8) is 0 Å². The maximum absolute atomic E-state index is 13.3. The molecule has 162 valence electrons. The van der Waals surface area contributed by atoms with E-state index in [2.05, 4.69) is 26.3 Å². The lowest BCUT2D eigenvalue weighted by Crippen LogP contribution is -2.18. The summed E-state index contributed by atoms with van der Waals surface area (Å²) in [5.41, 5.74) is 3.17. The van der Waals surface area contributed by atoms with Crippen LogP contribution < -0.4 is 10.9 Å². The van der Waals surface area contributed by atoms with Crippen LogP contribution in [0.4, 0.5) is 5.69 Å². The van der Waals surface area contributed by atoms with E-state index in [1.54, 1.807) is 12.4 Å². The number of amides is 1. The highest BCUT2D eigenvalue weighted by molar-refractivity contribution is 9.10. The van der Waals surface area contributed by atoms with E-state index in [1.165, 1.54) is 4.68 Å². The smallest absolute Gasteiger partial charge is 0.282 e. The van der Waals surface area contributed by atoms with Crippen LogP contribution in [-0.2, 0) is 6.54 Å². The number of rotatable bonds is 5. The van der Waals surface area contributed by atoms with Gasteiger partial charge < -0.3 is 9.88 Å². The molecule has 0 aliphatic carbocycles. The number of aromatic nitrogens is 3. The van der Waals surface area contributed by atoms with Gasteiger partial charge in [0.25, 0.3) is 11.5 Å². The largest absolute Gasteiger partial charge is 0.348 e. The maximum atomic E-state index is 13.3. The van der Waals surface area contributed by atoms with Crippen molar-refractivity contribution in [2.45, 2.75) is 6.54 Å². The molecular formula is C26H19BrN4O2. The normalized spacial score (nSPS) is 10.9. The fraction of sp³-hybridized carbons (Fsp3) is 0.0385. The number of carbonyl (C=O) groups is 1. The Morgan fingerprint density at radius 3 is 2.24 bits per heavy atom. The third-order valence-electron chi connectivity index (χ3n) is 5.28. The van der Waals surface area contributed by atoms with Crippen LogP contribution in [0, 0.1) is 0 Å². The van der Waals surface area contributed by atoms with Crippen LogP contribution in [0.1, 0.15) is 15.9 Å². The van der Waals surface area contributed by atoms with Crippen molar-refractivity contribution in [3.8, 4) is 16.9 Å². The van der Waals surface area contributed by atoms with Crippen molar-refractivity contribution in [1.29, 1.82) is 0 Å². The van der Waals surface area contributed by atoms with Crippen molar-refractivity contribution in [3.05, 3.63) is 123 Å². The highest BCUT2D eigenvalue weighted by Gasteiger charge is 2.24. The molecule has 0 aromatic heterocycles. The van der Waals surface area contributed by atoms with Crippen molar-refractivity contribution >= 4 is 27.5 Å². The van der Waals surface area contributed by atoms with Gasteiger partial charge in [0.2, 0.25) is 0 Å². The molecule has 0 bridgehead atoms. The number of para-hydroxylation sites is 1. The summed E-state index contributed by atoms with van der Waals surface area (Å²) in [6.45, 7) is 0.519. The van der Waals surface area contributed by atoms with Crippen molar-refractivity contribution in [2.24, 2.45) is 0 Å². The zero-order valence-electron chi connectivity index (χ0n) is 17.5. The molecule has 7 heteroatoms. The molecule has 1 amide bonds. The second-order valence-corrected chi connectivity index (χ2v) is 8.52. The standard InChI is InChI=1S/C26H19BrN4O2/c27-19-11-13-20(14-12-19)28-25(32)22-16-30(15-18-7-3-1-4-8-18)17-23-24(22)29-31(26(23)33)21-9-5-2-6-10-21/h1-14,16-17H,15H2,(H,28,32). The molecule has 0 fully saturated rings. The van der Waals surface area contributed by atoms with E-state index in [0.29, 0.717) is 34.7 Å². The molecule has 3 aromatic carbocycles. The minimum absolute atomic E-state index is 0.267. The van der Waals surface area contributed by atoms with E-state index in [-0.39, 0.29) is 11.5 Å². The van der Waals surface area contributed by atoms with Gasteiger partial charge in [-0.1, -0.05) is 64.5 Å². The number of pyridine rings is 1. The van der Waals surface area contributed by atoms with Crippen LogP contribution in [-0.4, -0.2) is 20.3 Å². The lowest BCUT2D eigenvalue weighted by atomic mass is 10.1. The summed E-state index contributed by atoms with van der Waals surface area (Å²) in [6.07, 6.45) is 3.50. The molecule has 0 radical (unpaired) electrons. The Hall–Kier alpha value is -3.97. The van der Waals surface area contributed by atoms with Gasteiger partial charge in [0.15, 0.2) is 0 Å². The minimum Gasteiger partial charge on any atom is -0.348 e. The Labute approximate surface area is 198 Å². The summed E-state index contributed by atoms with van der Waals surface area (Å²) in [6, 6.07) is 26.4. The number of fused-ring (bicyclic) bond motifs is 1. The molecule has 3 aromatic rings. The molecule has 0 spiro atoms. The van der Waals surface area contributed by atoms with E-state index < -0.39 is 0 Å². The Morgan fingerprint density at radius 1 is 0.879 bits per heavy atom. The summed E-state index contributed by atoms with van der Waals surface area (Å²) >= 11 is 3.40. The molecule has 5 rings (SSSR count). The molecule has 2 heterocycles. The molecule has 2 aliphatic rings. The lowest BCUT2D eigenvalue weighted by molar-refractivity contribution is 0.102. The van der Waals surface area contributed by atoms with Crippen molar-refractivity contribution < 1.29 is 4.79 Å². The quantitative estimate of drug-likeness (QED) is 0.362. The SMILES string of the molecule is O=C(Nc1ccc(Br)cc1)c1cn(Cc2ccccc2)cc2c(=O)n(-c3ccccc3)nc1-2. The van der Waals surface area contributed by atoms with Crippen LogP contribution in [0.25, 0.3) is 16.9 Å². The van der Waals surface area contributed by atoms with Crippen molar-refractivity contribution in [2.75, 3.05) is 5.32 Å². The zero-order valence-corrected chi connectivity index (χ0v) is 19.1. The van der Waals surface area contributed by atoms with E-state index >= 15 is 0 Å². The number of nitrogens with zero attached hydrogens (tertiary/aromatic N) is 3. The van der Waals surface area contributed by atoms with Gasteiger partial charge in [-0.2, -0.15) is 9.78 Å². The monoisotopic (exact) mass is 498 g/mol. The second kappa shape index (κ2) is 8.88. The zero-order chi connectivity index (χ0) is 22.8. The summed E-state index contributed by atoms with van der Waals surface area (Å²) in [5.74, 6) is -0.331. The number of anilines is 1. The Morgan fingerprint density at radius 2 is 1.55 bits per heavy atom. The molecule has 1 N–H and O–H groups in total. The van der Waals surface area contributed by atoms with Gasteiger partial charge in [0.05, 0.1) is 16.8 Å². The predicted molar refractivity (Wildman–Crippen MR) is 132 cm³/mol. The summed E-state index contributed by atoms with van der Waals surface area (Å²) in [5, 5.41) is 7.44. The number of halogens is 1. The first-order chi connectivity index (χ1) is 16.1. The molecule has 2 aliphatic heterocycles. The molecule has 0 saturated heterocycles. The third-order valence-corrected chi connectivity index (χ3v) is 5.81. The minimum atomic E-state index is -0.331. The fourth-order valence-electron chi connectivity index (χ4n) is 3.69. The molecule has 33 heavy (non-hydrogen) atoms. The first-order valence-electron chi connectivity index (χ1n) is 10.4. The average Bonchev–Trinajstić information content (AvgIpc) is 3.17. The van der Waals surface area contributed by atoms with E-state index in [9.17, 15) is 9.59 Å². The van der Waals surface area contributed by atoms with Crippen LogP contribution in [0.3, 0.4) is 0 Å². The van der Waals surface area contributed by atoms with E-state index in [0.717, 1.165) is 10.0 Å². The number of hydrogen-bond donors (Lipinski definition) is 1. The summed E-state index contributed by atoms with van der Waals surface area (Å²) in [7, 11) is 0. The highest BCUT2D eigenvalue weighted by atomic mass is 79.9. The number of carbonyl (C=O) groups excluding carboxylic acids is 1. The Kier molecular flexibility index (Phi) is 5.62. The maximum Gasteiger partial charge on any atom is 0.282 e. The van der Waals surface area contributed by atoms with Crippen LogP contribution in [0.2, 0.25) is 0 Å². The predicted octanol–water partition coefficient (Wildman–Crippen LogP) is 5.20. The second-order valence-electron chi connectivity index (χ2n) is 7.61. The topological polar surface area (TPSA) is 68.9 Å². The van der Waals surface area contributed by atoms with E-state index in [4.69, 9.17) is 0 Å². The van der Waals surface area contributed by atoms with Gasteiger partial charge in [-0.05, 0) is 42.0 Å². The summed E-state index contributed by atoms with van der Waals surface area (Å²) in [4.78, 5) is 26.5.